The average Bonchev–Trinajstić information content (AvgIpc) is 1.37. The minimum atomic E-state index is 0. The Morgan fingerprint density at radius 1 is 1.60 bits per heavy atom. The van der Waals surface area contributed by atoms with Crippen LogP contribution in [-0.2, 0) is 18.6 Å². The van der Waals surface area contributed by atoms with Crippen LogP contribution in [0.5, 0.6) is 0 Å². The van der Waals surface area contributed by atoms with E-state index in [2.05, 4.69) is 16.8 Å². The summed E-state index contributed by atoms with van der Waals surface area (Å²) in [5.74, 6) is 2.42. The summed E-state index contributed by atoms with van der Waals surface area (Å²) in [4.78, 5) is 0. The van der Waals surface area contributed by atoms with E-state index < -0.39 is 0 Å². The summed E-state index contributed by atoms with van der Waals surface area (Å²) in [7, 11) is 0. The summed E-state index contributed by atoms with van der Waals surface area (Å²) >= 11 is 1.93. The molecule has 0 aliphatic rings. The minimum Gasteiger partial charge on any atom is -0.287 e. The fourth-order valence-corrected chi connectivity index (χ4v) is 0. The topological polar surface area (TPSA) is 0 Å². The van der Waals surface area contributed by atoms with E-state index in [4.69, 9.17) is 0 Å². The maximum absolute atomic E-state index is 3.24. The van der Waals surface area contributed by atoms with Gasteiger partial charge in [-0.25, -0.2) is 0 Å². The molecule has 0 atom stereocenters. The summed E-state index contributed by atoms with van der Waals surface area (Å²) in [6, 6.07) is 0. The Kier molecular flexibility index (Phi) is 16.3. The molecule has 0 aromatic rings. The van der Waals surface area contributed by atoms with Crippen LogP contribution in [0.3, 0.4) is 0 Å². The molecule has 0 saturated carbocycles. The number of rotatable bonds is 0. The van der Waals surface area contributed by atoms with E-state index in [1.54, 1.807) is 0 Å². The van der Waals surface area contributed by atoms with Crippen molar-refractivity contribution < 1.29 is 18.6 Å². The zero-order chi connectivity index (χ0) is 3.41. The Morgan fingerprint density at radius 3 is 1.80 bits per heavy atom. The van der Waals surface area contributed by atoms with Gasteiger partial charge in [-0.15, -0.1) is 22.6 Å². The molecule has 0 fully saturated rings. The summed E-state index contributed by atoms with van der Waals surface area (Å²) in [6.07, 6.45) is 0. The summed E-state index contributed by atoms with van der Waals surface area (Å²) in [6.45, 7) is 3.24. The monoisotopic (exact) mass is 216 g/mol. The smallest absolute Gasteiger partial charge is 0 e. The van der Waals surface area contributed by atoms with Crippen molar-refractivity contribution in [3.8, 4) is 9.85 Å². The predicted octanol–water partition coefficient (Wildman–Crippen LogP) is 1.21. The molecule has 0 spiro atoms. The fraction of sp³-hybridized carbons (Fsp3) is 0. The second-order valence-corrected chi connectivity index (χ2v) is 0.811. The van der Waals surface area contributed by atoms with Crippen LogP contribution in [0, 0.1) is 16.8 Å². The third-order valence-corrected chi connectivity index (χ3v) is 0.448. The third kappa shape index (κ3) is 11.7. The Hall–Kier alpha value is 0.744. The summed E-state index contributed by atoms with van der Waals surface area (Å²) < 4.78 is 2.54. The molecule has 0 aliphatic carbocycles. The Morgan fingerprint density at radius 2 is 1.80 bits per heavy atom. The summed E-state index contributed by atoms with van der Waals surface area (Å²) in [5, 5.41) is 0. The van der Waals surface area contributed by atoms with Crippen LogP contribution >= 0.6 is 22.6 Å². The van der Waals surface area contributed by atoms with E-state index in [0.29, 0.717) is 0 Å². The standard InChI is InChI=1S/C3H2I.V/c1-2-3-4;/h1H2;/q-1;. The van der Waals surface area contributed by atoms with Gasteiger partial charge in [-0.3, -0.25) is 9.85 Å². The van der Waals surface area contributed by atoms with Gasteiger partial charge in [-0.05, 0) is 0 Å². The van der Waals surface area contributed by atoms with E-state index in [9.17, 15) is 0 Å². The molecule has 0 N–H and O–H groups in total. The zero-order valence-corrected chi connectivity index (χ0v) is 6.09. The largest absolute Gasteiger partial charge is 0.287 e. The van der Waals surface area contributed by atoms with Gasteiger partial charge in [0.05, 0.1) is 0 Å². The number of halogens is 1. The number of hydrogen-bond acceptors (Lipinski definition) is 0. The quantitative estimate of drug-likeness (QED) is 0.324. The molecule has 0 unspecified atom stereocenters. The maximum atomic E-state index is 3.24. The van der Waals surface area contributed by atoms with Crippen molar-refractivity contribution in [1.82, 2.24) is 0 Å². The molecule has 5 heavy (non-hydrogen) atoms. The van der Waals surface area contributed by atoms with Crippen LogP contribution in [0.1, 0.15) is 0 Å². The van der Waals surface area contributed by atoms with Crippen molar-refractivity contribution >= 4 is 22.6 Å². The van der Waals surface area contributed by atoms with Crippen molar-refractivity contribution in [3.63, 3.8) is 0 Å². The fourth-order valence-electron chi connectivity index (χ4n) is 0. The summed E-state index contributed by atoms with van der Waals surface area (Å²) in [5.41, 5.74) is 0. The molecule has 0 aromatic heterocycles. The molecule has 0 amide bonds. The van der Waals surface area contributed by atoms with E-state index in [-0.39, 0.29) is 18.6 Å². The van der Waals surface area contributed by atoms with Gasteiger partial charge in [0.2, 0.25) is 0 Å². The van der Waals surface area contributed by atoms with Gasteiger partial charge in [0, 0.05) is 18.6 Å². The van der Waals surface area contributed by atoms with Gasteiger partial charge in [0.15, 0.2) is 0 Å². The van der Waals surface area contributed by atoms with Crippen molar-refractivity contribution in [1.29, 1.82) is 0 Å². The zero-order valence-electron chi connectivity index (χ0n) is 2.53. The molecular weight excluding hydrogens is 214 g/mol. The Labute approximate surface area is 57.7 Å². The molecule has 0 saturated heterocycles. The average molecular weight is 216 g/mol. The van der Waals surface area contributed by atoms with Gasteiger partial charge in [0.25, 0.3) is 0 Å². The molecule has 0 aliphatic heterocycles. The van der Waals surface area contributed by atoms with Crippen molar-refractivity contribution in [2.45, 2.75) is 0 Å². The molecule has 0 heterocycles. The molecule has 0 bridgehead atoms. The molecule has 0 nitrogen and oxygen atoms in total. The first-order valence-corrected chi connectivity index (χ1v) is 1.87. The second-order valence-electron chi connectivity index (χ2n) is 0.271. The third-order valence-electron chi connectivity index (χ3n) is 0.0668. The van der Waals surface area contributed by atoms with Gasteiger partial charge < -0.3 is 0 Å². The van der Waals surface area contributed by atoms with Crippen molar-refractivity contribution in [2.75, 3.05) is 0 Å². The predicted molar refractivity (Wildman–Crippen MR) is 27.2 cm³/mol. The molecule has 2 heteroatoms. The van der Waals surface area contributed by atoms with Crippen molar-refractivity contribution in [3.05, 3.63) is 6.92 Å². The SMILES string of the molecule is [CH2-]C#CI.[V]. The van der Waals surface area contributed by atoms with Crippen LogP contribution < -0.4 is 0 Å². The van der Waals surface area contributed by atoms with Crippen LogP contribution in [0.15, 0.2) is 0 Å². The van der Waals surface area contributed by atoms with Gasteiger partial charge >= 0.3 is 0 Å². The molecule has 1 radical (unpaired) electrons. The Balaban J connectivity index is 0. The first kappa shape index (κ1) is 9.22. The van der Waals surface area contributed by atoms with Gasteiger partial charge in [-0.2, -0.15) is 6.92 Å². The van der Waals surface area contributed by atoms with E-state index in [1.165, 1.54) is 0 Å². The second kappa shape index (κ2) is 8.83. The first-order chi connectivity index (χ1) is 1.91. The Bertz CT molecular complexity index is 43.6. The van der Waals surface area contributed by atoms with Crippen molar-refractivity contribution in [2.24, 2.45) is 0 Å². The number of hydrogen-bond donors (Lipinski definition) is 0. The van der Waals surface area contributed by atoms with E-state index >= 15 is 0 Å². The van der Waals surface area contributed by atoms with Gasteiger partial charge in [-0.1, -0.05) is 0 Å². The van der Waals surface area contributed by atoms with Crippen LogP contribution in [-0.4, -0.2) is 0 Å². The molecular formula is C3H2IV-. The first-order valence-electron chi connectivity index (χ1n) is 0.793. The maximum Gasteiger partial charge on any atom is 0 e. The van der Waals surface area contributed by atoms with Crippen LogP contribution in [0.25, 0.3) is 0 Å². The molecule has 0 aromatic carbocycles. The van der Waals surface area contributed by atoms with E-state index in [1.807, 2.05) is 22.6 Å². The van der Waals surface area contributed by atoms with Crippen LogP contribution in [0.2, 0.25) is 0 Å². The van der Waals surface area contributed by atoms with Gasteiger partial charge in [0.1, 0.15) is 0 Å². The van der Waals surface area contributed by atoms with Crippen LogP contribution in [0.4, 0.5) is 0 Å². The molecule has 27 valence electrons. The van der Waals surface area contributed by atoms with E-state index in [0.717, 1.165) is 0 Å². The normalized spacial score (nSPS) is 2.60. The molecule has 0 rings (SSSR count). The minimum absolute atomic E-state index is 0.